The smallest absolute Gasteiger partial charge is 0.406 e. The fourth-order valence-corrected chi connectivity index (χ4v) is 1.29. The van der Waals surface area contributed by atoms with Crippen LogP contribution in [0.4, 0.5) is 13.2 Å². The summed E-state index contributed by atoms with van der Waals surface area (Å²) in [7, 11) is 0. The quantitative estimate of drug-likeness (QED) is 0.831. The molecule has 0 radical (unpaired) electrons. The van der Waals surface area contributed by atoms with Crippen molar-refractivity contribution in [1.29, 1.82) is 0 Å². The van der Waals surface area contributed by atoms with E-state index in [4.69, 9.17) is 11.6 Å². The van der Waals surface area contributed by atoms with Crippen molar-refractivity contribution >= 4 is 11.6 Å². The van der Waals surface area contributed by atoms with E-state index in [0.717, 1.165) is 5.56 Å². The van der Waals surface area contributed by atoms with Crippen LogP contribution in [0.2, 0.25) is 0 Å². The van der Waals surface area contributed by atoms with Crippen LogP contribution in [0.3, 0.4) is 0 Å². The Morgan fingerprint density at radius 3 is 2.17 bits per heavy atom. The summed E-state index contributed by atoms with van der Waals surface area (Å²) in [6.45, 7) is 4.42. The van der Waals surface area contributed by atoms with Gasteiger partial charge in [-0.3, -0.25) is 0 Å². The number of alkyl halides is 4. The van der Waals surface area contributed by atoms with Gasteiger partial charge < -0.3 is 10.1 Å². The van der Waals surface area contributed by atoms with Crippen LogP contribution in [0, 0.1) is 0 Å². The predicted octanol–water partition coefficient (Wildman–Crippen LogP) is 3.69. The molecule has 0 aromatic heterocycles. The maximum atomic E-state index is 11.9. The van der Waals surface area contributed by atoms with Gasteiger partial charge in [0, 0.05) is 18.0 Å². The first kappa shape index (κ1) is 15.1. The molecule has 0 spiro atoms. The van der Waals surface area contributed by atoms with Gasteiger partial charge in [-0.15, -0.1) is 24.8 Å². The van der Waals surface area contributed by atoms with E-state index >= 15 is 0 Å². The molecule has 0 amide bonds. The number of hydrogen-bond acceptors (Lipinski definition) is 2. The van der Waals surface area contributed by atoms with Crippen LogP contribution in [0.25, 0.3) is 0 Å². The Kier molecular flexibility index (Phi) is 4.87. The summed E-state index contributed by atoms with van der Waals surface area (Å²) in [5.74, 6) is 0.227. The van der Waals surface area contributed by atoms with Gasteiger partial charge in [-0.25, -0.2) is 0 Å². The summed E-state index contributed by atoms with van der Waals surface area (Å²) < 4.78 is 39.6. The van der Waals surface area contributed by atoms with Crippen molar-refractivity contribution in [2.24, 2.45) is 0 Å². The molecule has 0 aliphatic heterocycles. The summed E-state index contributed by atoms with van der Waals surface area (Å²) in [6.07, 6.45) is -4.65. The van der Waals surface area contributed by atoms with E-state index in [1.54, 1.807) is 12.1 Å². The third-order valence-corrected chi connectivity index (χ3v) is 2.93. The molecule has 0 atom stereocenters. The normalized spacial score (nSPS) is 12.6. The molecule has 18 heavy (non-hydrogen) atoms. The van der Waals surface area contributed by atoms with Gasteiger partial charge in [-0.05, 0) is 31.5 Å². The highest BCUT2D eigenvalue weighted by Crippen LogP contribution is 2.22. The summed E-state index contributed by atoms with van der Waals surface area (Å²) in [4.78, 5) is 0. The van der Waals surface area contributed by atoms with E-state index in [0.29, 0.717) is 12.4 Å². The van der Waals surface area contributed by atoms with E-state index in [9.17, 15) is 13.2 Å². The molecule has 2 nitrogen and oxygen atoms in total. The lowest BCUT2D eigenvalue weighted by atomic mass is 10.1. The second-order valence-corrected chi connectivity index (χ2v) is 4.83. The Morgan fingerprint density at radius 1 is 1.17 bits per heavy atom. The average molecular weight is 282 g/mol. The number of rotatable bonds is 5. The Hall–Kier alpha value is -0.940. The van der Waals surface area contributed by atoms with Crippen molar-refractivity contribution < 1.29 is 17.9 Å². The van der Waals surface area contributed by atoms with Crippen molar-refractivity contribution in [1.82, 2.24) is 5.32 Å². The highest BCUT2D eigenvalue weighted by Gasteiger charge is 2.30. The number of nitrogens with one attached hydrogen (secondary N) is 1. The van der Waals surface area contributed by atoms with Crippen molar-refractivity contribution in [3.05, 3.63) is 29.8 Å². The van der Waals surface area contributed by atoms with Gasteiger partial charge in [0.1, 0.15) is 5.75 Å². The molecule has 0 unspecified atom stereocenters. The van der Waals surface area contributed by atoms with Gasteiger partial charge in [-0.1, -0.05) is 12.1 Å². The summed E-state index contributed by atoms with van der Waals surface area (Å²) in [5, 5.41) is 3.20. The van der Waals surface area contributed by atoms with Gasteiger partial charge >= 0.3 is 6.36 Å². The Morgan fingerprint density at radius 2 is 1.72 bits per heavy atom. The monoisotopic (exact) mass is 281 g/mol. The van der Waals surface area contributed by atoms with Crippen molar-refractivity contribution in [3.8, 4) is 5.75 Å². The predicted molar refractivity (Wildman–Crippen MR) is 64.8 cm³/mol. The van der Waals surface area contributed by atoms with Crippen molar-refractivity contribution in [2.45, 2.75) is 32.3 Å². The topological polar surface area (TPSA) is 21.3 Å². The molecule has 1 rings (SSSR count). The van der Waals surface area contributed by atoms with E-state index < -0.39 is 6.36 Å². The van der Waals surface area contributed by atoms with Gasteiger partial charge in [0.05, 0.1) is 0 Å². The first-order chi connectivity index (χ1) is 8.22. The van der Waals surface area contributed by atoms with Crippen LogP contribution < -0.4 is 10.1 Å². The standard InChI is InChI=1S/C12H15ClF3NO/c1-11(2,8-13)17-7-9-3-5-10(6-4-9)18-12(14,15)16/h3-6,17H,7-8H2,1-2H3. The van der Waals surface area contributed by atoms with E-state index in [2.05, 4.69) is 10.1 Å². The number of ether oxygens (including phenoxy) is 1. The molecule has 0 aliphatic carbocycles. The lowest BCUT2D eigenvalue weighted by Crippen LogP contribution is -2.40. The van der Waals surface area contributed by atoms with Crippen molar-refractivity contribution in [2.75, 3.05) is 5.88 Å². The van der Waals surface area contributed by atoms with Crippen molar-refractivity contribution in [3.63, 3.8) is 0 Å². The van der Waals surface area contributed by atoms with E-state index in [1.165, 1.54) is 12.1 Å². The molecule has 0 fully saturated rings. The molecular formula is C12H15ClF3NO. The Labute approximate surface area is 109 Å². The minimum atomic E-state index is -4.65. The Bertz CT molecular complexity index is 376. The van der Waals surface area contributed by atoms with Gasteiger partial charge in [-0.2, -0.15) is 0 Å². The van der Waals surface area contributed by atoms with Crippen LogP contribution in [-0.2, 0) is 6.54 Å². The average Bonchev–Trinajstić information content (AvgIpc) is 2.26. The largest absolute Gasteiger partial charge is 0.573 e. The minimum absolute atomic E-state index is 0.220. The fraction of sp³-hybridized carbons (Fsp3) is 0.500. The molecule has 1 N–H and O–H groups in total. The maximum Gasteiger partial charge on any atom is 0.573 e. The molecule has 1 aromatic carbocycles. The first-order valence-corrected chi connectivity index (χ1v) is 5.91. The molecule has 0 saturated heterocycles. The zero-order valence-corrected chi connectivity index (χ0v) is 10.9. The second kappa shape index (κ2) is 5.80. The highest BCUT2D eigenvalue weighted by atomic mass is 35.5. The van der Waals surface area contributed by atoms with Gasteiger partial charge in [0.15, 0.2) is 0 Å². The summed E-state index contributed by atoms with van der Waals surface area (Å²) in [6, 6.07) is 5.74. The fourth-order valence-electron chi connectivity index (χ4n) is 1.20. The molecule has 102 valence electrons. The van der Waals surface area contributed by atoms with E-state index in [1.807, 2.05) is 13.8 Å². The number of benzene rings is 1. The van der Waals surface area contributed by atoms with Crippen LogP contribution in [0.15, 0.2) is 24.3 Å². The minimum Gasteiger partial charge on any atom is -0.406 e. The number of halogens is 4. The second-order valence-electron chi connectivity index (χ2n) is 4.56. The Balaban J connectivity index is 2.56. The lowest BCUT2D eigenvalue weighted by molar-refractivity contribution is -0.274. The lowest BCUT2D eigenvalue weighted by Gasteiger charge is -2.23. The van der Waals surface area contributed by atoms with Gasteiger partial charge in [0.25, 0.3) is 0 Å². The number of hydrogen-bond donors (Lipinski definition) is 1. The molecule has 0 saturated carbocycles. The third-order valence-electron chi connectivity index (χ3n) is 2.26. The SMILES string of the molecule is CC(C)(CCl)NCc1ccc(OC(F)(F)F)cc1. The molecule has 0 aliphatic rings. The van der Waals surface area contributed by atoms with Gasteiger partial charge in [0.2, 0.25) is 0 Å². The zero-order chi connectivity index (χ0) is 13.8. The van der Waals surface area contributed by atoms with Crippen LogP contribution in [0.5, 0.6) is 5.75 Å². The first-order valence-electron chi connectivity index (χ1n) is 5.37. The molecule has 6 heteroatoms. The third kappa shape index (κ3) is 5.60. The van der Waals surface area contributed by atoms with Crippen LogP contribution >= 0.6 is 11.6 Å². The zero-order valence-electron chi connectivity index (χ0n) is 10.1. The van der Waals surface area contributed by atoms with E-state index in [-0.39, 0.29) is 11.3 Å². The summed E-state index contributed by atoms with van der Waals surface area (Å²) >= 11 is 5.75. The molecule has 0 bridgehead atoms. The molecular weight excluding hydrogens is 267 g/mol. The molecule has 0 heterocycles. The highest BCUT2D eigenvalue weighted by molar-refractivity contribution is 6.18. The molecule has 1 aromatic rings. The maximum absolute atomic E-state index is 11.9. The van der Waals surface area contributed by atoms with Crippen LogP contribution in [0.1, 0.15) is 19.4 Å². The van der Waals surface area contributed by atoms with Crippen LogP contribution in [-0.4, -0.2) is 17.8 Å². The summed E-state index contributed by atoms with van der Waals surface area (Å²) in [5.41, 5.74) is 0.644.